The van der Waals surface area contributed by atoms with Crippen molar-refractivity contribution in [3.05, 3.63) is 58.6 Å². The average molecular weight is 472 g/mol. The lowest BCUT2D eigenvalue weighted by Crippen LogP contribution is -2.56. The van der Waals surface area contributed by atoms with E-state index in [9.17, 15) is 15.2 Å². The number of hydrogen-bond acceptors (Lipinski definition) is 6. The summed E-state index contributed by atoms with van der Waals surface area (Å²) in [6, 6.07) is 14.6. The maximum absolute atomic E-state index is 12.9. The van der Waals surface area contributed by atoms with Crippen LogP contribution in [-0.2, 0) is 11.3 Å². The van der Waals surface area contributed by atoms with Crippen LogP contribution in [0, 0.1) is 11.3 Å². The number of rotatable bonds is 6. The third-order valence-electron chi connectivity index (χ3n) is 5.34. The molecule has 0 spiro atoms. The molecule has 1 unspecified atom stereocenters. The van der Waals surface area contributed by atoms with Crippen molar-refractivity contribution >= 4 is 23.4 Å². The van der Waals surface area contributed by atoms with E-state index in [4.69, 9.17) is 21.1 Å². The molecule has 1 amide bonds. The maximum Gasteiger partial charge on any atom is 0.410 e. The molecule has 3 rings (SSSR count). The number of halogens is 1. The highest BCUT2D eigenvalue weighted by Crippen LogP contribution is 2.26. The largest absolute Gasteiger partial charge is 0.492 e. The van der Waals surface area contributed by atoms with Crippen LogP contribution < -0.4 is 9.64 Å². The van der Waals surface area contributed by atoms with Gasteiger partial charge in [0.2, 0.25) is 0 Å². The van der Waals surface area contributed by atoms with E-state index >= 15 is 0 Å². The second-order valence-electron chi connectivity index (χ2n) is 8.99. The van der Waals surface area contributed by atoms with Gasteiger partial charge in [-0.25, -0.2) is 4.79 Å². The Balaban J connectivity index is 1.74. The lowest BCUT2D eigenvalue weighted by atomic mass is 10.1. The number of piperazine rings is 1. The number of anilines is 1. The number of aliphatic hydroxyl groups excluding tert-OH is 1. The van der Waals surface area contributed by atoms with Crippen LogP contribution in [-0.4, -0.2) is 54.0 Å². The first kappa shape index (κ1) is 24.7. The summed E-state index contributed by atoms with van der Waals surface area (Å²) in [6.07, 6.45) is 0.197. The first-order valence-electron chi connectivity index (χ1n) is 11.0. The predicted molar refractivity (Wildman–Crippen MR) is 128 cm³/mol. The number of ether oxygens (including phenoxy) is 2. The number of carbonyl (C=O) groups is 1. The van der Waals surface area contributed by atoms with Crippen LogP contribution in [0.3, 0.4) is 0 Å². The van der Waals surface area contributed by atoms with Crippen molar-refractivity contribution in [1.29, 1.82) is 5.26 Å². The van der Waals surface area contributed by atoms with Crippen molar-refractivity contribution in [3.63, 3.8) is 0 Å². The number of nitrogens with zero attached hydrogens (tertiary/aromatic N) is 3. The maximum atomic E-state index is 12.9. The highest BCUT2D eigenvalue weighted by molar-refractivity contribution is 6.30. The topological polar surface area (TPSA) is 86.0 Å². The molecule has 0 saturated carbocycles. The van der Waals surface area contributed by atoms with Gasteiger partial charge in [0.1, 0.15) is 17.4 Å². The lowest BCUT2D eigenvalue weighted by molar-refractivity contribution is 0.0119. The molecule has 2 aromatic rings. The van der Waals surface area contributed by atoms with Gasteiger partial charge in [-0.2, -0.15) is 5.26 Å². The Bertz CT molecular complexity index is 1020. The molecule has 1 N–H and O–H groups in total. The van der Waals surface area contributed by atoms with Crippen LogP contribution in [0.5, 0.6) is 5.75 Å². The van der Waals surface area contributed by atoms with Crippen molar-refractivity contribution in [2.45, 2.75) is 45.4 Å². The second kappa shape index (κ2) is 10.8. The average Bonchev–Trinajstić information content (AvgIpc) is 2.77. The molecular weight excluding hydrogens is 442 g/mol. The van der Waals surface area contributed by atoms with Crippen LogP contribution in [0.15, 0.2) is 42.5 Å². The van der Waals surface area contributed by atoms with E-state index in [2.05, 4.69) is 11.0 Å². The van der Waals surface area contributed by atoms with Gasteiger partial charge in [0.25, 0.3) is 0 Å². The second-order valence-corrected chi connectivity index (χ2v) is 9.43. The molecule has 1 heterocycles. The number of hydrogen-bond donors (Lipinski definition) is 1. The highest BCUT2D eigenvalue weighted by atomic mass is 35.5. The van der Waals surface area contributed by atoms with Crippen LogP contribution in [0.2, 0.25) is 5.02 Å². The van der Waals surface area contributed by atoms with Gasteiger partial charge in [-0.15, -0.1) is 0 Å². The molecule has 1 atom stereocenters. The van der Waals surface area contributed by atoms with Crippen molar-refractivity contribution in [2.75, 3.05) is 31.1 Å². The first-order valence-corrected chi connectivity index (χ1v) is 11.3. The number of amides is 1. The molecule has 1 fully saturated rings. The van der Waals surface area contributed by atoms with Crippen LogP contribution in [0.25, 0.3) is 0 Å². The zero-order valence-corrected chi connectivity index (χ0v) is 20.0. The summed E-state index contributed by atoms with van der Waals surface area (Å²) in [6.45, 7) is 7.49. The zero-order valence-electron chi connectivity index (χ0n) is 19.3. The van der Waals surface area contributed by atoms with Gasteiger partial charge in [-0.3, -0.25) is 0 Å². The van der Waals surface area contributed by atoms with Crippen LogP contribution >= 0.6 is 11.6 Å². The normalized spacial score (nSPS) is 16.3. The van der Waals surface area contributed by atoms with Crippen molar-refractivity contribution < 1.29 is 19.4 Å². The molecular formula is C25H30ClN3O4. The molecule has 0 bridgehead atoms. The van der Waals surface area contributed by atoms with E-state index < -0.39 is 5.60 Å². The lowest BCUT2D eigenvalue weighted by Gasteiger charge is -2.42. The number of carbonyl (C=O) groups excluding carboxylic acids is 1. The fourth-order valence-corrected chi connectivity index (χ4v) is 3.94. The molecule has 1 aliphatic rings. The van der Waals surface area contributed by atoms with Crippen molar-refractivity contribution in [1.82, 2.24) is 4.90 Å². The molecule has 1 aliphatic heterocycles. The Labute approximate surface area is 200 Å². The zero-order chi connectivity index (χ0) is 24.0. The smallest absolute Gasteiger partial charge is 0.410 e. The van der Waals surface area contributed by atoms with Crippen molar-refractivity contribution in [2.24, 2.45) is 0 Å². The standard InChI is InChI=1S/C25H30ClN3O4/c1-25(2,3)33-24(31)29-11-10-28(21-6-4-5-20(26)14-21)16-22(29)9-12-32-23-13-18(17-30)7-8-19(23)15-27/h4-8,13-14,22,30H,9-12,16-17H2,1-3H3. The molecule has 176 valence electrons. The Kier molecular flexibility index (Phi) is 8.06. The minimum Gasteiger partial charge on any atom is -0.492 e. The summed E-state index contributed by atoms with van der Waals surface area (Å²) < 4.78 is 11.5. The Hall–Kier alpha value is -2.95. The monoisotopic (exact) mass is 471 g/mol. The van der Waals surface area contributed by atoms with E-state index in [1.165, 1.54) is 0 Å². The fourth-order valence-electron chi connectivity index (χ4n) is 3.75. The quantitative estimate of drug-likeness (QED) is 0.662. The number of aliphatic hydroxyl groups is 1. The Morgan fingerprint density at radius 1 is 1.24 bits per heavy atom. The highest BCUT2D eigenvalue weighted by Gasteiger charge is 2.33. The van der Waals surface area contributed by atoms with E-state index in [-0.39, 0.29) is 18.7 Å². The van der Waals surface area contributed by atoms with E-state index in [1.807, 2.05) is 45.0 Å². The summed E-state index contributed by atoms with van der Waals surface area (Å²) in [4.78, 5) is 16.8. The van der Waals surface area contributed by atoms with Crippen molar-refractivity contribution in [3.8, 4) is 11.8 Å². The number of nitriles is 1. The van der Waals surface area contributed by atoms with E-state index in [1.54, 1.807) is 23.1 Å². The molecule has 0 aliphatic carbocycles. The molecule has 0 aromatic heterocycles. The summed E-state index contributed by atoms with van der Waals surface area (Å²) in [5, 5.41) is 19.4. The van der Waals surface area contributed by atoms with E-state index in [0.29, 0.717) is 54.6 Å². The molecule has 33 heavy (non-hydrogen) atoms. The van der Waals surface area contributed by atoms with Crippen LogP contribution in [0.4, 0.5) is 10.5 Å². The molecule has 2 aromatic carbocycles. The summed E-state index contributed by atoms with van der Waals surface area (Å²) >= 11 is 6.18. The Morgan fingerprint density at radius 3 is 2.70 bits per heavy atom. The predicted octanol–water partition coefficient (Wildman–Crippen LogP) is 4.60. The third kappa shape index (κ3) is 6.77. The molecule has 8 heteroatoms. The fraction of sp³-hybridized carbons (Fsp3) is 0.440. The summed E-state index contributed by atoms with van der Waals surface area (Å²) in [7, 11) is 0. The SMILES string of the molecule is CC(C)(C)OC(=O)N1CCN(c2cccc(Cl)c2)CC1CCOc1cc(CO)ccc1C#N. The first-order chi connectivity index (χ1) is 15.7. The van der Waals surface area contributed by atoms with Gasteiger partial charge in [0.15, 0.2) is 0 Å². The van der Waals surface area contributed by atoms with Gasteiger partial charge < -0.3 is 24.4 Å². The van der Waals surface area contributed by atoms with Crippen LogP contribution in [0.1, 0.15) is 38.3 Å². The van der Waals surface area contributed by atoms with E-state index in [0.717, 1.165) is 5.69 Å². The van der Waals surface area contributed by atoms with Gasteiger partial charge in [0, 0.05) is 36.8 Å². The minimum absolute atomic E-state index is 0.133. The Morgan fingerprint density at radius 2 is 2.03 bits per heavy atom. The molecule has 7 nitrogen and oxygen atoms in total. The minimum atomic E-state index is -0.589. The van der Waals surface area contributed by atoms with Gasteiger partial charge in [-0.05, 0) is 56.7 Å². The third-order valence-corrected chi connectivity index (χ3v) is 5.58. The van der Waals surface area contributed by atoms with Gasteiger partial charge >= 0.3 is 6.09 Å². The summed E-state index contributed by atoms with van der Waals surface area (Å²) in [5.41, 5.74) is 1.48. The molecule has 1 saturated heterocycles. The summed E-state index contributed by atoms with van der Waals surface area (Å²) in [5.74, 6) is 0.426. The van der Waals surface area contributed by atoms with Gasteiger partial charge in [0.05, 0.1) is 24.8 Å². The number of benzene rings is 2. The van der Waals surface area contributed by atoms with Gasteiger partial charge in [-0.1, -0.05) is 23.7 Å². The molecule has 0 radical (unpaired) electrons.